The molecule has 0 bridgehead atoms. The van der Waals surface area contributed by atoms with Gasteiger partial charge in [0.1, 0.15) is 6.23 Å². The molecule has 60 valence electrons. The van der Waals surface area contributed by atoms with Gasteiger partial charge in [0.05, 0.1) is 0 Å². The van der Waals surface area contributed by atoms with Gasteiger partial charge in [-0.2, -0.15) is 0 Å². The van der Waals surface area contributed by atoms with Crippen molar-refractivity contribution in [2.75, 3.05) is 6.54 Å². The molecule has 0 radical (unpaired) electrons. The van der Waals surface area contributed by atoms with E-state index in [0.717, 1.165) is 0 Å². The Morgan fingerprint density at radius 2 is 2.40 bits per heavy atom. The molecule has 0 aromatic heterocycles. The van der Waals surface area contributed by atoms with E-state index in [0.29, 0.717) is 18.7 Å². The van der Waals surface area contributed by atoms with E-state index in [1.54, 1.807) is 0 Å². The number of hydrogen-bond acceptors (Lipinski definition) is 4. The van der Waals surface area contributed by atoms with Crippen LogP contribution in [0.1, 0.15) is 13.3 Å². The standard InChI is InChI=1S/C6H15N3O/c1-2-6(10)9-4-5(8)3-7/h3,6,9-10H,2,4,7-8H2,1H3/b5-3-/t6-/m0/s1. The van der Waals surface area contributed by atoms with Crippen LogP contribution in [0.5, 0.6) is 0 Å². The molecule has 0 fully saturated rings. The molecule has 0 aromatic carbocycles. The van der Waals surface area contributed by atoms with E-state index in [4.69, 9.17) is 16.6 Å². The van der Waals surface area contributed by atoms with Crippen LogP contribution >= 0.6 is 0 Å². The molecule has 0 aliphatic heterocycles. The van der Waals surface area contributed by atoms with Crippen molar-refractivity contribution < 1.29 is 5.11 Å². The minimum Gasteiger partial charge on any atom is -0.403 e. The molecule has 0 spiro atoms. The summed E-state index contributed by atoms with van der Waals surface area (Å²) in [6, 6.07) is 0. The first-order chi connectivity index (χ1) is 4.70. The van der Waals surface area contributed by atoms with Gasteiger partial charge in [-0.15, -0.1) is 0 Å². The van der Waals surface area contributed by atoms with Crippen LogP contribution in [-0.4, -0.2) is 17.9 Å². The Morgan fingerprint density at radius 3 is 2.80 bits per heavy atom. The highest BCUT2D eigenvalue weighted by atomic mass is 16.3. The Balaban J connectivity index is 3.35. The molecule has 0 aliphatic rings. The minimum atomic E-state index is -0.488. The molecule has 0 saturated heterocycles. The molecule has 0 unspecified atom stereocenters. The second-order valence-electron chi connectivity index (χ2n) is 2.05. The van der Waals surface area contributed by atoms with Crippen LogP contribution in [0.15, 0.2) is 11.9 Å². The predicted octanol–water partition coefficient (Wildman–Crippen LogP) is -0.937. The van der Waals surface area contributed by atoms with Gasteiger partial charge in [0.25, 0.3) is 0 Å². The third-order valence-electron chi connectivity index (χ3n) is 1.14. The summed E-state index contributed by atoms with van der Waals surface area (Å²) < 4.78 is 0. The summed E-state index contributed by atoms with van der Waals surface area (Å²) in [5.41, 5.74) is 11.0. The maximum atomic E-state index is 8.97. The summed E-state index contributed by atoms with van der Waals surface area (Å²) in [5.74, 6) is 0. The number of hydrogen-bond donors (Lipinski definition) is 4. The van der Waals surface area contributed by atoms with E-state index in [-0.39, 0.29) is 0 Å². The van der Waals surface area contributed by atoms with Crippen molar-refractivity contribution in [2.24, 2.45) is 11.5 Å². The number of aliphatic hydroxyl groups excluding tert-OH is 1. The molecule has 0 saturated carbocycles. The van der Waals surface area contributed by atoms with Crippen molar-refractivity contribution in [3.8, 4) is 0 Å². The van der Waals surface area contributed by atoms with Crippen molar-refractivity contribution in [3.05, 3.63) is 11.9 Å². The second kappa shape index (κ2) is 5.08. The van der Waals surface area contributed by atoms with Crippen molar-refractivity contribution in [1.82, 2.24) is 5.32 Å². The van der Waals surface area contributed by atoms with Crippen molar-refractivity contribution >= 4 is 0 Å². The fourth-order valence-corrected chi connectivity index (χ4v) is 0.439. The first-order valence-corrected chi connectivity index (χ1v) is 3.28. The zero-order valence-corrected chi connectivity index (χ0v) is 6.17. The average molecular weight is 145 g/mol. The molecule has 1 atom stereocenters. The highest BCUT2D eigenvalue weighted by Gasteiger charge is 1.97. The number of rotatable bonds is 4. The smallest absolute Gasteiger partial charge is 0.104 e. The van der Waals surface area contributed by atoms with Crippen LogP contribution in [0.2, 0.25) is 0 Å². The van der Waals surface area contributed by atoms with Gasteiger partial charge in [-0.1, -0.05) is 6.92 Å². The molecule has 0 heterocycles. The fraction of sp³-hybridized carbons (Fsp3) is 0.667. The molecule has 10 heavy (non-hydrogen) atoms. The number of nitrogens with one attached hydrogen (secondary N) is 1. The van der Waals surface area contributed by atoms with Crippen LogP contribution in [0.25, 0.3) is 0 Å². The summed E-state index contributed by atoms with van der Waals surface area (Å²) in [7, 11) is 0. The average Bonchev–Trinajstić information content (AvgIpc) is 1.99. The lowest BCUT2D eigenvalue weighted by molar-refractivity contribution is 0.137. The monoisotopic (exact) mass is 145 g/mol. The minimum absolute atomic E-state index is 0.436. The molecule has 0 aromatic rings. The lowest BCUT2D eigenvalue weighted by Crippen LogP contribution is -2.31. The summed E-state index contributed by atoms with van der Waals surface area (Å²) in [5, 5.41) is 11.7. The third kappa shape index (κ3) is 4.17. The maximum Gasteiger partial charge on any atom is 0.104 e. The second-order valence-corrected chi connectivity index (χ2v) is 2.05. The normalized spacial score (nSPS) is 15.2. The quantitative estimate of drug-likeness (QED) is 0.385. The molecule has 0 amide bonds. The van der Waals surface area contributed by atoms with Gasteiger partial charge in [0.15, 0.2) is 0 Å². The fourth-order valence-electron chi connectivity index (χ4n) is 0.439. The summed E-state index contributed by atoms with van der Waals surface area (Å²) in [4.78, 5) is 0. The van der Waals surface area contributed by atoms with Gasteiger partial charge >= 0.3 is 0 Å². The van der Waals surface area contributed by atoms with Crippen LogP contribution in [0, 0.1) is 0 Å². The van der Waals surface area contributed by atoms with Crippen LogP contribution in [0.3, 0.4) is 0 Å². The highest BCUT2D eigenvalue weighted by Crippen LogP contribution is 1.84. The van der Waals surface area contributed by atoms with Crippen molar-refractivity contribution in [3.63, 3.8) is 0 Å². The largest absolute Gasteiger partial charge is 0.403 e. The molecule has 4 nitrogen and oxygen atoms in total. The van der Waals surface area contributed by atoms with Crippen LogP contribution in [0.4, 0.5) is 0 Å². The summed E-state index contributed by atoms with van der Waals surface area (Å²) >= 11 is 0. The van der Waals surface area contributed by atoms with E-state index < -0.39 is 6.23 Å². The molecule has 6 N–H and O–H groups in total. The lowest BCUT2D eigenvalue weighted by atomic mass is 10.4. The van der Waals surface area contributed by atoms with Gasteiger partial charge in [-0.25, -0.2) is 0 Å². The van der Waals surface area contributed by atoms with E-state index in [9.17, 15) is 0 Å². The van der Waals surface area contributed by atoms with Gasteiger partial charge in [-0.05, 0) is 6.42 Å². The van der Waals surface area contributed by atoms with Crippen molar-refractivity contribution in [1.29, 1.82) is 0 Å². The van der Waals surface area contributed by atoms with E-state index in [2.05, 4.69) is 5.32 Å². The van der Waals surface area contributed by atoms with Gasteiger partial charge in [-0.3, -0.25) is 5.32 Å². The zero-order chi connectivity index (χ0) is 7.98. The summed E-state index contributed by atoms with van der Waals surface area (Å²) in [6.45, 7) is 2.31. The van der Waals surface area contributed by atoms with E-state index in [1.807, 2.05) is 6.92 Å². The Morgan fingerprint density at radius 1 is 1.80 bits per heavy atom. The molecular weight excluding hydrogens is 130 g/mol. The van der Waals surface area contributed by atoms with Gasteiger partial charge < -0.3 is 16.6 Å². The maximum absolute atomic E-state index is 8.97. The molecular formula is C6H15N3O. The van der Waals surface area contributed by atoms with E-state index in [1.165, 1.54) is 6.20 Å². The number of aliphatic hydroxyl groups is 1. The highest BCUT2D eigenvalue weighted by molar-refractivity contribution is 4.95. The number of nitrogens with two attached hydrogens (primary N) is 2. The van der Waals surface area contributed by atoms with Crippen LogP contribution in [-0.2, 0) is 0 Å². The molecule has 4 heteroatoms. The predicted molar refractivity (Wildman–Crippen MR) is 40.8 cm³/mol. The van der Waals surface area contributed by atoms with E-state index >= 15 is 0 Å². The zero-order valence-electron chi connectivity index (χ0n) is 6.17. The first-order valence-electron chi connectivity index (χ1n) is 3.28. The third-order valence-corrected chi connectivity index (χ3v) is 1.14. The topological polar surface area (TPSA) is 84.3 Å². The summed E-state index contributed by atoms with van der Waals surface area (Å²) in [6.07, 6.45) is 1.49. The lowest BCUT2D eigenvalue weighted by Gasteiger charge is -2.09. The Labute approximate surface area is 60.9 Å². The SMILES string of the molecule is CC[C@H](O)NC/C(N)=C/N. The molecule has 0 rings (SSSR count). The Hall–Kier alpha value is -0.740. The first kappa shape index (κ1) is 9.26. The van der Waals surface area contributed by atoms with Gasteiger partial charge in [0.2, 0.25) is 0 Å². The molecule has 0 aliphatic carbocycles. The van der Waals surface area contributed by atoms with Crippen LogP contribution < -0.4 is 16.8 Å². The Kier molecular flexibility index (Phi) is 4.70. The van der Waals surface area contributed by atoms with Crippen molar-refractivity contribution in [2.45, 2.75) is 19.6 Å². The Bertz CT molecular complexity index is 114. The van der Waals surface area contributed by atoms with Gasteiger partial charge in [0, 0.05) is 18.4 Å².